The Morgan fingerprint density at radius 3 is 2.95 bits per heavy atom. The molecule has 104 valence electrons. The van der Waals surface area contributed by atoms with E-state index < -0.39 is 12.4 Å². The van der Waals surface area contributed by atoms with Crippen LogP contribution < -0.4 is 0 Å². The van der Waals surface area contributed by atoms with Crippen molar-refractivity contribution in [3.63, 3.8) is 0 Å². The van der Waals surface area contributed by atoms with E-state index >= 15 is 0 Å². The van der Waals surface area contributed by atoms with Crippen molar-refractivity contribution in [3.8, 4) is 0 Å². The maximum absolute atomic E-state index is 13.7. The number of rotatable bonds is 3. The van der Waals surface area contributed by atoms with Crippen LogP contribution >= 0.6 is 0 Å². The number of fused-ring (bicyclic) bond motifs is 1. The fourth-order valence-corrected chi connectivity index (χ4v) is 1.88. The summed E-state index contributed by atoms with van der Waals surface area (Å²) >= 11 is 0. The first kappa shape index (κ1) is 12.5. The SMILES string of the molecule is CN(C)/C=N/c1ncnc2c1ncn2[C@@H]1OC=C[C@@H]1F. The van der Waals surface area contributed by atoms with Gasteiger partial charge in [-0.25, -0.2) is 24.3 Å². The van der Waals surface area contributed by atoms with Crippen LogP contribution in [0.4, 0.5) is 10.2 Å². The average molecular weight is 276 g/mol. The van der Waals surface area contributed by atoms with E-state index in [1.165, 1.54) is 29.6 Å². The minimum Gasteiger partial charge on any atom is -0.474 e. The maximum atomic E-state index is 13.7. The first-order chi connectivity index (χ1) is 9.66. The molecule has 0 bridgehead atoms. The molecule has 20 heavy (non-hydrogen) atoms. The zero-order valence-electron chi connectivity index (χ0n) is 11.0. The van der Waals surface area contributed by atoms with Crippen LogP contribution in [0.5, 0.6) is 0 Å². The number of aromatic nitrogens is 4. The molecule has 0 N–H and O–H groups in total. The zero-order valence-corrected chi connectivity index (χ0v) is 11.0. The van der Waals surface area contributed by atoms with Crippen molar-refractivity contribution in [2.45, 2.75) is 12.4 Å². The molecule has 2 atom stereocenters. The summed E-state index contributed by atoms with van der Waals surface area (Å²) in [4.78, 5) is 18.4. The van der Waals surface area contributed by atoms with Gasteiger partial charge in [0.15, 0.2) is 23.2 Å². The van der Waals surface area contributed by atoms with E-state index in [0.29, 0.717) is 17.0 Å². The third-order valence-corrected chi connectivity index (χ3v) is 2.78. The van der Waals surface area contributed by atoms with Gasteiger partial charge in [-0.3, -0.25) is 4.57 Å². The lowest BCUT2D eigenvalue weighted by Crippen LogP contribution is -2.16. The van der Waals surface area contributed by atoms with Gasteiger partial charge in [0.1, 0.15) is 12.7 Å². The van der Waals surface area contributed by atoms with Crippen molar-refractivity contribution in [3.05, 3.63) is 25.0 Å². The Morgan fingerprint density at radius 2 is 2.25 bits per heavy atom. The van der Waals surface area contributed by atoms with Crippen LogP contribution in [0.3, 0.4) is 0 Å². The molecule has 7 nitrogen and oxygen atoms in total. The number of alkyl halides is 1. The number of ether oxygens (including phenoxy) is 1. The van der Waals surface area contributed by atoms with Crippen molar-refractivity contribution >= 4 is 23.3 Å². The minimum atomic E-state index is -1.23. The fourth-order valence-electron chi connectivity index (χ4n) is 1.88. The first-order valence-corrected chi connectivity index (χ1v) is 6.01. The highest BCUT2D eigenvalue weighted by molar-refractivity contribution is 5.82. The van der Waals surface area contributed by atoms with Crippen LogP contribution in [0.15, 0.2) is 30.0 Å². The summed E-state index contributed by atoms with van der Waals surface area (Å²) in [5.74, 6) is 0.434. The van der Waals surface area contributed by atoms with Gasteiger partial charge in [0.2, 0.25) is 6.23 Å². The van der Waals surface area contributed by atoms with E-state index in [1.54, 1.807) is 11.2 Å². The number of aliphatic imine (C=N–C) groups is 1. The quantitative estimate of drug-likeness (QED) is 0.626. The van der Waals surface area contributed by atoms with Crippen molar-refractivity contribution < 1.29 is 9.13 Å². The molecule has 0 unspecified atom stereocenters. The molecule has 8 heteroatoms. The molecule has 1 aliphatic rings. The molecule has 2 aromatic heterocycles. The molecule has 0 aromatic carbocycles. The minimum absolute atomic E-state index is 0.434. The van der Waals surface area contributed by atoms with Gasteiger partial charge in [-0.2, -0.15) is 0 Å². The number of halogens is 1. The van der Waals surface area contributed by atoms with Crippen LogP contribution in [0.2, 0.25) is 0 Å². The maximum Gasteiger partial charge on any atom is 0.212 e. The van der Waals surface area contributed by atoms with E-state index in [9.17, 15) is 4.39 Å². The van der Waals surface area contributed by atoms with Crippen molar-refractivity contribution in [2.24, 2.45) is 4.99 Å². The van der Waals surface area contributed by atoms with Crippen LogP contribution in [0.25, 0.3) is 11.2 Å². The van der Waals surface area contributed by atoms with E-state index in [1.807, 2.05) is 14.1 Å². The summed E-state index contributed by atoms with van der Waals surface area (Å²) in [6.07, 6.45) is 5.16. The van der Waals surface area contributed by atoms with Gasteiger partial charge < -0.3 is 9.64 Å². The van der Waals surface area contributed by atoms with Gasteiger partial charge in [-0.15, -0.1) is 0 Å². The number of nitrogens with zero attached hydrogens (tertiary/aromatic N) is 6. The lowest BCUT2D eigenvalue weighted by Gasteiger charge is -2.14. The van der Waals surface area contributed by atoms with Crippen molar-refractivity contribution in [1.82, 2.24) is 24.4 Å². The molecule has 2 aromatic rings. The highest BCUT2D eigenvalue weighted by Gasteiger charge is 2.28. The summed E-state index contributed by atoms with van der Waals surface area (Å²) in [7, 11) is 3.71. The Kier molecular flexibility index (Phi) is 3.05. The van der Waals surface area contributed by atoms with Crippen molar-refractivity contribution in [2.75, 3.05) is 14.1 Å². The topological polar surface area (TPSA) is 68.4 Å². The van der Waals surface area contributed by atoms with Gasteiger partial charge in [0.05, 0.1) is 12.6 Å². The van der Waals surface area contributed by atoms with E-state index in [0.717, 1.165) is 0 Å². The molecular formula is C12H13FN6O. The summed E-state index contributed by atoms with van der Waals surface area (Å²) in [5.41, 5.74) is 0.996. The Morgan fingerprint density at radius 1 is 1.40 bits per heavy atom. The standard InChI is InChI=1S/C12H13FN6O/c1-18(2)6-17-10-9-11(15-5-14-10)19(7-16-9)12-8(13)3-4-20-12/h3-8,12H,1-2H3/b17-6+/t8-,12+/m0/s1. The molecule has 0 saturated heterocycles. The van der Waals surface area contributed by atoms with Gasteiger partial charge in [0.25, 0.3) is 0 Å². The van der Waals surface area contributed by atoms with E-state index in [-0.39, 0.29) is 0 Å². The van der Waals surface area contributed by atoms with Crippen LogP contribution in [0, 0.1) is 0 Å². The highest BCUT2D eigenvalue weighted by atomic mass is 19.1. The largest absolute Gasteiger partial charge is 0.474 e. The second kappa shape index (κ2) is 4.87. The Labute approximate surface area is 114 Å². The predicted octanol–water partition coefficient (Wildman–Crippen LogP) is 1.43. The molecule has 0 radical (unpaired) electrons. The third kappa shape index (κ3) is 2.09. The molecule has 3 heterocycles. The highest BCUT2D eigenvalue weighted by Crippen LogP contribution is 2.29. The predicted molar refractivity (Wildman–Crippen MR) is 71.3 cm³/mol. The van der Waals surface area contributed by atoms with Crippen LogP contribution in [0.1, 0.15) is 6.23 Å². The Bertz CT molecular complexity index is 680. The van der Waals surface area contributed by atoms with Gasteiger partial charge in [-0.1, -0.05) is 0 Å². The van der Waals surface area contributed by atoms with Crippen LogP contribution in [-0.2, 0) is 4.74 Å². The lowest BCUT2D eigenvalue weighted by molar-refractivity contribution is 0.0541. The molecule has 0 saturated carbocycles. The molecule has 0 fully saturated rings. The smallest absolute Gasteiger partial charge is 0.212 e. The van der Waals surface area contributed by atoms with E-state index in [2.05, 4.69) is 19.9 Å². The lowest BCUT2D eigenvalue weighted by atomic mass is 10.3. The van der Waals surface area contributed by atoms with Gasteiger partial charge in [0, 0.05) is 14.1 Å². The summed E-state index contributed by atoms with van der Waals surface area (Å²) in [6.45, 7) is 0. The van der Waals surface area contributed by atoms with Crippen LogP contribution in [-0.4, -0.2) is 51.0 Å². The molecule has 1 aliphatic heterocycles. The second-order valence-corrected chi connectivity index (χ2v) is 4.53. The molecule has 0 aliphatic carbocycles. The molecule has 0 spiro atoms. The van der Waals surface area contributed by atoms with Gasteiger partial charge >= 0.3 is 0 Å². The normalized spacial score (nSPS) is 21.8. The van der Waals surface area contributed by atoms with Gasteiger partial charge in [-0.05, 0) is 6.08 Å². The monoisotopic (exact) mass is 276 g/mol. The second-order valence-electron chi connectivity index (χ2n) is 4.53. The molecule has 3 rings (SSSR count). The Hall–Kier alpha value is -2.51. The molecule has 0 amide bonds. The number of imidazole rings is 1. The average Bonchev–Trinajstić information content (AvgIpc) is 3.02. The van der Waals surface area contributed by atoms with Crippen molar-refractivity contribution in [1.29, 1.82) is 0 Å². The number of hydrogen-bond acceptors (Lipinski definition) is 5. The summed E-state index contributed by atoms with van der Waals surface area (Å²) in [5, 5.41) is 0. The summed E-state index contributed by atoms with van der Waals surface area (Å²) < 4.78 is 20.4. The van der Waals surface area contributed by atoms with E-state index in [4.69, 9.17) is 4.74 Å². The fraction of sp³-hybridized carbons (Fsp3) is 0.333. The Balaban J connectivity index is 2.03. The number of hydrogen-bond donors (Lipinski definition) is 0. The zero-order chi connectivity index (χ0) is 14.1. The summed E-state index contributed by atoms with van der Waals surface area (Å²) in [6, 6.07) is 0. The first-order valence-electron chi connectivity index (χ1n) is 6.01. The molecular weight excluding hydrogens is 263 g/mol. The third-order valence-electron chi connectivity index (χ3n) is 2.78.